The third kappa shape index (κ3) is 5.96. The van der Waals surface area contributed by atoms with Crippen LogP contribution in [0.5, 0.6) is 0 Å². The molecule has 0 aromatic rings. The third-order valence-electron chi connectivity index (χ3n) is 2.80. The molecule has 0 aromatic heterocycles. The van der Waals surface area contributed by atoms with E-state index in [4.69, 9.17) is 10.5 Å². The van der Waals surface area contributed by atoms with Gasteiger partial charge in [-0.1, -0.05) is 0 Å². The summed E-state index contributed by atoms with van der Waals surface area (Å²) in [4.78, 5) is 5.18. The van der Waals surface area contributed by atoms with E-state index in [9.17, 15) is 13.2 Å². The number of guanidine groups is 1. The van der Waals surface area contributed by atoms with Crippen molar-refractivity contribution in [3.05, 3.63) is 0 Å². The Morgan fingerprint density at radius 1 is 1.30 bits per heavy atom. The van der Waals surface area contributed by atoms with Gasteiger partial charge in [0.1, 0.15) is 6.04 Å². The Balaban J connectivity index is 2.68. The zero-order chi connectivity index (χ0) is 15.4. The first-order valence-corrected chi connectivity index (χ1v) is 6.56. The number of rotatable bonds is 3. The summed E-state index contributed by atoms with van der Waals surface area (Å²) in [6.07, 6.45) is -4.33. The quantitative estimate of drug-likeness (QED) is 0.601. The Morgan fingerprint density at radius 2 is 1.85 bits per heavy atom. The Labute approximate surface area is 117 Å². The van der Waals surface area contributed by atoms with Gasteiger partial charge in [0.2, 0.25) is 0 Å². The van der Waals surface area contributed by atoms with Crippen LogP contribution in [0.4, 0.5) is 13.2 Å². The molecular formula is C12H23F3N4O. The largest absolute Gasteiger partial charge is 0.405 e. The second-order valence-corrected chi connectivity index (χ2v) is 5.81. The molecule has 0 aliphatic carbocycles. The second-order valence-electron chi connectivity index (χ2n) is 5.81. The van der Waals surface area contributed by atoms with Crippen molar-refractivity contribution >= 4 is 5.96 Å². The minimum Gasteiger partial charge on any atom is -0.379 e. The molecule has 1 aliphatic rings. The lowest BCUT2D eigenvalue weighted by molar-refractivity contribution is -0.188. The number of morpholine rings is 1. The number of halogens is 3. The van der Waals surface area contributed by atoms with Crippen LogP contribution in [0, 0.1) is 0 Å². The highest BCUT2D eigenvalue weighted by molar-refractivity contribution is 5.78. The predicted molar refractivity (Wildman–Crippen MR) is 71.6 cm³/mol. The first-order valence-electron chi connectivity index (χ1n) is 6.56. The average molecular weight is 296 g/mol. The average Bonchev–Trinajstić information content (AvgIpc) is 2.26. The maximum absolute atomic E-state index is 13.1. The zero-order valence-corrected chi connectivity index (χ0v) is 12.1. The van der Waals surface area contributed by atoms with Crippen LogP contribution in [0.25, 0.3) is 0 Å². The fourth-order valence-electron chi connectivity index (χ4n) is 1.92. The van der Waals surface area contributed by atoms with Gasteiger partial charge in [0, 0.05) is 18.6 Å². The van der Waals surface area contributed by atoms with E-state index in [0.29, 0.717) is 13.2 Å². The van der Waals surface area contributed by atoms with Gasteiger partial charge in [0.05, 0.1) is 19.8 Å². The third-order valence-corrected chi connectivity index (χ3v) is 2.80. The van der Waals surface area contributed by atoms with Gasteiger partial charge in [-0.3, -0.25) is 9.89 Å². The monoisotopic (exact) mass is 296 g/mol. The lowest BCUT2D eigenvalue weighted by atomic mass is 10.1. The van der Waals surface area contributed by atoms with E-state index >= 15 is 0 Å². The van der Waals surface area contributed by atoms with Crippen molar-refractivity contribution in [2.45, 2.75) is 38.5 Å². The molecule has 118 valence electrons. The van der Waals surface area contributed by atoms with Gasteiger partial charge < -0.3 is 15.8 Å². The Morgan fingerprint density at radius 3 is 2.30 bits per heavy atom. The molecule has 20 heavy (non-hydrogen) atoms. The fraction of sp³-hybridized carbons (Fsp3) is 0.917. The normalized spacial score (nSPS) is 20.8. The van der Waals surface area contributed by atoms with Crippen LogP contribution >= 0.6 is 0 Å². The van der Waals surface area contributed by atoms with E-state index in [2.05, 4.69) is 10.3 Å². The molecular weight excluding hydrogens is 273 g/mol. The molecule has 0 spiro atoms. The lowest BCUT2D eigenvalue weighted by Gasteiger charge is -2.34. The van der Waals surface area contributed by atoms with Crippen molar-refractivity contribution in [1.29, 1.82) is 0 Å². The van der Waals surface area contributed by atoms with E-state index in [1.165, 1.54) is 4.90 Å². The van der Waals surface area contributed by atoms with Gasteiger partial charge in [-0.15, -0.1) is 0 Å². The minimum atomic E-state index is -4.33. The predicted octanol–water partition coefficient (Wildman–Crippen LogP) is 0.952. The van der Waals surface area contributed by atoms with E-state index in [-0.39, 0.29) is 24.6 Å². The number of aliphatic imine (C=N–C) groups is 1. The molecule has 0 aromatic carbocycles. The number of hydrogen-bond donors (Lipinski definition) is 2. The first kappa shape index (κ1) is 17.0. The summed E-state index contributed by atoms with van der Waals surface area (Å²) in [6.45, 7) is 6.31. The standard InChI is InChI=1S/C12H23F3N4O/c1-11(2,3)18-10(16)17-8-9(12(13,14)15)19-4-6-20-7-5-19/h9H,4-8H2,1-3H3,(H3,16,17,18). The van der Waals surface area contributed by atoms with Crippen molar-refractivity contribution in [3.8, 4) is 0 Å². The molecule has 1 saturated heterocycles. The van der Waals surface area contributed by atoms with Gasteiger partial charge in [0.15, 0.2) is 5.96 Å². The highest BCUT2D eigenvalue weighted by Gasteiger charge is 2.43. The van der Waals surface area contributed by atoms with Gasteiger partial charge in [0.25, 0.3) is 0 Å². The fourth-order valence-corrected chi connectivity index (χ4v) is 1.92. The van der Waals surface area contributed by atoms with Crippen molar-refractivity contribution in [3.63, 3.8) is 0 Å². The summed E-state index contributed by atoms with van der Waals surface area (Å²) < 4.78 is 44.3. The topological polar surface area (TPSA) is 62.9 Å². The van der Waals surface area contributed by atoms with Crippen LogP contribution in [-0.2, 0) is 4.74 Å². The maximum Gasteiger partial charge on any atom is 0.405 e. The molecule has 1 fully saturated rings. The van der Waals surface area contributed by atoms with Crippen LogP contribution in [-0.4, -0.2) is 61.5 Å². The van der Waals surface area contributed by atoms with Crippen LogP contribution < -0.4 is 11.1 Å². The van der Waals surface area contributed by atoms with Crippen LogP contribution in [0.1, 0.15) is 20.8 Å². The summed E-state index contributed by atoms with van der Waals surface area (Å²) >= 11 is 0. The maximum atomic E-state index is 13.1. The molecule has 1 atom stereocenters. The van der Waals surface area contributed by atoms with Crippen molar-refractivity contribution in [1.82, 2.24) is 10.2 Å². The molecule has 0 saturated carbocycles. The number of hydrogen-bond acceptors (Lipinski definition) is 3. The number of nitrogens with zero attached hydrogens (tertiary/aromatic N) is 2. The summed E-state index contributed by atoms with van der Waals surface area (Å²) in [7, 11) is 0. The number of ether oxygens (including phenoxy) is 1. The smallest absolute Gasteiger partial charge is 0.379 e. The summed E-state index contributed by atoms with van der Waals surface area (Å²) in [5.74, 6) is 0.0278. The number of alkyl halides is 3. The molecule has 8 heteroatoms. The van der Waals surface area contributed by atoms with Crippen molar-refractivity contribution < 1.29 is 17.9 Å². The van der Waals surface area contributed by atoms with E-state index in [1.54, 1.807) is 0 Å². The minimum absolute atomic E-state index is 0.0278. The van der Waals surface area contributed by atoms with E-state index in [1.807, 2.05) is 20.8 Å². The second kappa shape index (κ2) is 6.62. The van der Waals surface area contributed by atoms with Gasteiger partial charge in [-0.05, 0) is 20.8 Å². The molecule has 3 N–H and O–H groups in total. The molecule has 0 amide bonds. The molecule has 0 radical (unpaired) electrons. The molecule has 1 unspecified atom stereocenters. The number of nitrogens with two attached hydrogens (primary N) is 1. The summed E-state index contributed by atoms with van der Waals surface area (Å²) in [5, 5.41) is 2.85. The Bertz CT molecular complexity index is 333. The number of nitrogens with one attached hydrogen (secondary N) is 1. The summed E-state index contributed by atoms with van der Waals surface area (Å²) in [6, 6.07) is -1.62. The lowest BCUT2D eigenvalue weighted by Crippen LogP contribution is -2.53. The zero-order valence-electron chi connectivity index (χ0n) is 12.1. The molecule has 5 nitrogen and oxygen atoms in total. The Hall–Kier alpha value is -1.02. The van der Waals surface area contributed by atoms with Gasteiger partial charge >= 0.3 is 6.18 Å². The Kier molecular flexibility index (Phi) is 5.64. The molecule has 1 heterocycles. The van der Waals surface area contributed by atoms with Crippen molar-refractivity contribution in [2.75, 3.05) is 32.8 Å². The highest BCUT2D eigenvalue weighted by atomic mass is 19.4. The highest BCUT2D eigenvalue weighted by Crippen LogP contribution is 2.25. The van der Waals surface area contributed by atoms with Crippen LogP contribution in [0.15, 0.2) is 4.99 Å². The molecule has 1 rings (SSSR count). The van der Waals surface area contributed by atoms with Crippen molar-refractivity contribution in [2.24, 2.45) is 10.7 Å². The molecule has 0 bridgehead atoms. The van der Waals surface area contributed by atoms with E-state index < -0.39 is 18.8 Å². The van der Waals surface area contributed by atoms with Gasteiger partial charge in [-0.2, -0.15) is 13.2 Å². The van der Waals surface area contributed by atoms with Crippen LogP contribution in [0.2, 0.25) is 0 Å². The first-order chi connectivity index (χ1) is 9.09. The molecule has 1 aliphatic heterocycles. The summed E-state index contributed by atoms with van der Waals surface area (Å²) in [5.41, 5.74) is 5.28. The van der Waals surface area contributed by atoms with Gasteiger partial charge in [-0.25, -0.2) is 0 Å². The SMILES string of the molecule is CC(C)(C)NC(N)=NCC(N1CCOCC1)C(F)(F)F. The van der Waals surface area contributed by atoms with E-state index in [0.717, 1.165) is 0 Å². The van der Waals surface area contributed by atoms with Crippen LogP contribution in [0.3, 0.4) is 0 Å².